The van der Waals surface area contributed by atoms with E-state index in [1.807, 2.05) is 0 Å². The van der Waals surface area contributed by atoms with Gasteiger partial charge in [-0.15, -0.1) is 0 Å². The Bertz CT molecular complexity index is 1040. The lowest BCUT2D eigenvalue weighted by molar-refractivity contribution is -0.277. The number of hydrogen-bond acceptors (Lipinski definition) is 10. The summed E-state index contributed by atoms with van der Waals surface area (Å²) in [6.07, 6.45) is -6.29. The number of ether oxygens (including phenoxy) is 2. The Balaban J connectivity index is 1.83. The molecule has 10 heteroatoms. The molecular formula is C17H16O10. The molecule has 1 saturated heterocycles. The molecule has 0 aliphatic carbocycles. The van der Waals surface area contributed by atoms with E-state index >= 15 is 0 Å². The summed E-state index contributed by atoms with van der Waals surface area (Å²) < 4.78 is 21.3. The minimum absolute atomic E-state index is 0.0138. The molecule has 3 heterocycles. The number of phenols is 1. The molecule has 5 atom stereocenters. The molecule has 5 unspecified atom stereocenters. The van der Waals surface area contributed by atoms with Gasteiger partial charge in [0, 0.05) is 6.07 Å². The van der Waals surface area contributed by atoms with Crippen molar-refractivity contribution in [3.05, 3.63) is 34.9 Å². The lowest BCUT2D eigenvalue weighted by atomic mass is 9.99. The van der Waals surface area contributed by atoms with Gasteiger partial charge in [0.05, 0.1) is 23.6 Å². The Labute approximate surface area is 150 Å². The summed E-state index contributed by atoms with van der Waals surface area (Å²) in [7, 11) is 0. The van der Waals surface area contributed by atoms with Crippen molar-refractivity contribution in [2.24, 2.45) is 0 Å². The smallest absolute Gasteiger partial charge is 0.336 e. The Kier molecular flexibility index (Phi) is 4.29. The number of hydrogen-bond donors (Lipinski definition) is 5. The molecule has 0 bridgehead atoms. The van der Waals surface area contributed by atoms with Crippen LogP contribution in [-0.4, -0.2) is 62.8 Å². The molecule has 2 aromatic heterocycles. The van der Waals surface area contributed by atoms with Gasteiger partial charge in [0.15, 0.2) is 22.7 Å². The summed E-state index contributed by atoms with van der Waals surface area (Å²) in [5.41, 5.74) is -0.508. The molecule has 0 saturated carbocycles. The van der Waals surface area contributed by atoms with Crippen LogP contribution in [-0.2, 0) is 4.74 Å². The molecule has 0 spiro atoms. The number of furan rings is 1. The number of aromatic hydroxyl groups is 1. The molecule has 10 nitrogen and oxygen atoms in total. The molecule has 0 radical (unpaired) electrons. The lowest BCUT2D eigenvalue weighted by Crippen LogP contribution is -2.60. The predicted octanol–water partition coefficient (Wildman–Crippen LogP) is -0.577. The molecule has 1 fully saturated rings. The average Bonchev–Trinajstić information content (AvgIpc) is 3.15. The number of aliphatic hydroxyl groups excluding tert-OH is 4. The third kappa shape index (κ3) is 2.74. The summed E-state index contributed by atoms with van der Waals surface area (Å²) in [6.45, 7) is -0.632. The Morgan fingerprint density at radius 1 is 1.00 bits per heavy atom. The highest BCUT2D eigenvalue weighted by atomic mass is 16.7. The first kappa shape index (κ1) is 17.8. The summed E-state index contributed by atoms with van der Waals surface area (Å²) in [6, 6.07) is 3.87. The highest BCUT2D eigenvalue weighted by molar-refractivity contribution is 6.07. The molecular weight excluding hydrogens is 364 g/mol. The normalized spacial score (nSPS) is 28.7. The van der Waals surface area contributed by atoms with Gasteiger partial charge in [-0.3, -0.25) is 0 Å². The van der Waals surface area contributed by atoms with Gasteiger partial charge in [0.25, 0.3) is 0 Å². The zero-order valence-corrected chi connectivity index (χ0v) is 13.7. The van der Waals surface area contributed by atoms with E-state index in [1.165, 1.54) is 18.4 Å². The molecule has 1 aromatic carbocycles. The molecule has 27 heavy (non-hydrogen) atoms. The van der Waals surface area contributed by atoms with E-state index in [0.29, 0.717) is 0 Å². The van der Waals surface area contributed by atoms with Crippen LogP contribution in [0.3, 0.4) is 0 Å². The first-order valence-corrected chi connectivity index (χ1v) is 8.05. The largest absolute Gasteiger partial charge is 0.504 e. The number of rotatable bonds is 3. The van der Waals surface area contributed by atoms with E-state index in [9.17, 15) is 30.3 Å². The quantitative estimate of drug-likeness (QED) is 0.372. The van der Waals surface area contributed by atoms with E-state index in [-0.39, 0.29) is 33.4 Å². The minimum Gasteiger partial charge on any atom is -0.504 e. The first-order chi connectivity index (χ1) is 12.9. The van der Waals surface area contributed by atoms with Gasteiger partial charge in [-0.25, -0.2) is 4.79 Å². The third-order valence-electron chi connectivity index (χ3n) is 4.50. The van der Waals surface area contributed by atoms with Crippen LogP contribution < -0.4 is 10.4 Å². The van der Waals surface area contributed by atoms with Crippen LogP contribution in [0, 0.1) is 0 Å². The van der Waals surface area contributed by atoms with Gasteiger partial charge >= 0.3 is 5.63 Å². The van der Waals surface area contributed by atoms with Crippen molar-refractivity contribution in [1.29, 1.82) is 0 Å². The fourth-order valence-corrected chi connectivity index (χ4v) is 3.09. The molecule has 1 aliphatic rings. The van der Waals surface area contributed by atoms with Crippen molar-refractivity contribution in [3.63, 3.8) is 0 Å². The standard InChI is InChI=1S/C17H16O10/c18-5-8-11(21)12(22)13(23)17(25-8)27-14-7-1-2-9(19)26-16(7)15-6(10(14)20)3-4-24-15/h1-4,8,11-13,17-18,20-23H,5H2. The molecule has 1 aliphatic heterocycles. The maximum absolute atomic E-state index is 11.6. The van der Waals surface area contributed by atoms with Crippen LogP contribution in [0.25, 0.3) is 21.9 Å². The Morgan fingerprint density at radius 2 is 1.78 bits per heavy atom. The summed E-state index contributed by atoms with van der Waals surface area (Å²) >= 11 is 0. The Morgan fingerprint density at radius 3 is 2.52 bits per heavy atom. The van der Waals surface area contributed by atoms with E-state index < -0.39 is 42.9 Å². The van der Waals surface area contributed by atoms with Crippen LogP contribution >= 0.6 is 0 Å². The molecule has 3 aromatic rings. The van der Waals surface area contributed by atoms with Crippen molar-refractivity contribution >= 4 is 21.9 Å². The number of benzene rings is 1. The van der Waals surface area contributed by atoms with Gasteiger partial charge in [0.1, 0.15) is 24.4 Å². The highest BCUT2D eigenvalue weighted by Crippen LogP contribution is 2.44. The van der Waals surface area contributed by atoms with Gasteiger partial charge < -0.3 is 43.8 Å². The number of fused-ring (bicyclic) bond motifs is 3. The van der Waals surface area contributed by atoms with Crippen LogP contribution in [0.2, 0.25) is 0 Å². The highest BCUT2D eigenvalue weighted by Gasteiger charge is 2.45. The van der Waals surface area contributed by atoms with Crippen LogP contribution in [0.1, 0.15) is 0 Å². The average molecular weight is 380 g/mol. The van der Waals surface area contributed by atoms with Crippen molar-refractivity contribution in [1.82, 2.24) is 0 Å². The van der Waals surface area contributed by atoms with Gasteiger partial charge in [-0.05, 0) is 12.1 Å². The SMILES string of the molecule is O=c1ccc2c(OC3OC(CO)C(O)C(O)C3O)c(O)c3ccoc3c2o1. The Hall–Kier alpha value is -2.63. The number of aliphatic hydroxyl groups is 4. The van der Waals surface area contributed by atoms with Crippen molar-refractivity contribution in [2.45, 2.75) is 30.7 Å². The number of phenolic OH excluding ortho intramolecular Hbond substituents is 1. The maximum atomic E-state index is 11.6. The second-order valence-electron chi connectivity index (χ2n) is 6.15. The molecule has 0 amide bonds. The molecule has 4 rings (SSSR count). The van der Waals surface area contributed by atoms with E-state index in [4.69, 9.17) is 18.3 Å². The van der Waals surface area contributed by atoms with Crippen molar-refractivity contribution in [2.75, 3.05) is 6.61 Å². The monoisotopic (exact) mass is 380 g/mol. The third-order valence-corrected chi connectivity index (χ3v) is 4.50. The second-order valence-corrected chi connectivity index (χ2v) is 6.15. The zero-order valence-electron chi connectivity index (χ0n) is 13.7. The summed E-state index contributed by atoms with van der Waals surface area (Å²) in [4.78, 5) is 11.6. The van der Waals surface area contributed by atoms with Gasteiger partial charge in [-0.1, -0.05) is 0 Å². The van der Waals surface area contributed by atoms with E-state index in [1.54, 1.807) is 0 Å². The van der Waals surface area contributed by atoms with Gasteiger partial charge in [-0.2, -0.15) is 0 Å². The van der Waals surface area contributed by atoms with Crippen molar-refractivity contribution in [3.8, 4) is 11.5 Å². The second kappa shape index (κ2) is 6.51. The minimum atomic E-state index is -1.67. The molecule has 144 valence electrons. The topological polar surface area (TPSA) is 163 Å². The van der Waals surface area contributed by atoms with Crippen LogP contribution in [0.5, 0.6) is 11.5 Å². The zero-order chi connectivity index (χ0) is 19.3. The van der Waals surface area contributed by atoms with E-state index in [2.05, 4.69) is 0 Å². The first-order valence-electron chi connectivity index (χ1n) is 8.05. The van der Waals surface area contributed by atoms with Crippen LogP contribution in [0.15, 0.2) is 38.1 Å². The van der Waals surface area contributed by atoms with Gasteiger partial charge in [0.2, 0.25) is 6.29 Å². The maximum Gasteiger partial charge on any atom is 0.336 e. The fraction of sp³-hybridized carbons (Fsp3) is 0.353. The van der Waals surface area contributed by atoms with Crippen LogP contribution in [0.4, 0.5) is 0 Å². The lowest BCUT2D eigenvalue weighted by Gasteiger charge is -2.39. The van der Waals surface area contributed by atoms with E-state index in [0.717, 1.165) is 6.07 Å². The fourth-order valence-electron chi connectivity index (χ4n) is 3.09. The van der Waals surface area contributed by atoms with Crippen molar-refractivity contribution < 1.29 is 43.8 Å². The summed E-state index contributed by atoms with van der Waals surface area (Å²) in [5, 5.41) is 50.1. The predicted molar refractivity (Wildman–Crippen MR) is 88.3 cm³/mol. The summed E-state index contributed by atoms with van der Waals surface area (Å²) in [5.74, 6) is -0.552. The molecule has 5 N–H and O–H groups in total.